The molecule has 0 spiro atoms. The summed E-state index contributed by atoms with van der Waals surface area (Å²) in [6.45, 7) is 0.690. The van der Waals surface area contributed by atoms with Crippen LogP contribution in [0.15, 0.2) is 18.2 Å². The summed E-state index contributed by atoms with van der Waals surface area (Å²) >= 11 is 2.04. The number of fused-ring (bicyclic) bond motifs is 1. The van der Waals surface area contributed by atoms with Gasteiger partial charge in [0.2, 0.25) is 0 Å². The van der Waals surface area contributed by atoms with Gasteiger partial charge in [-0.1, -0.05) is 6.07 Å². The Morgan fingerprint density at radius 1 is 1.21 bits per heavy atom. The minimum absolute atomic E-state index is 0.214. The zero-order valence-corrected chi connectivity index (χ0v) is 11.8. The number of ether oxygens (including phenoxy) is 1. The Morgan fingerprint density at radius 3 is 2.89 bits per heavy atom. The van der Waals surface area contributed by atoms with Gasteiger partial charge < -0.3 is 10.1 Å². The van der Waals surface area contributed by atoms with Crippen molar-refractivity contribution in [2.75, 3.05) is 18.1 Å². The number of halogens is 1. The number of hydrogen-bond donors (Lipinski definition) is 1. The molecule has 2 nitrogen and oxygen atoms in total. The van der Waals surface area contributed by atoms with E-state index < -0.39 is 0 Å². The standard InChI is InChI=1S/C15H20FNOS/c16-11-3-4-13-14(2-1-7-18-15(13)10-11)17-12-5-8-19-9-6-12/h3-4,10,12,14,17H,1-2,5-9H2/t14-/m1/s1. The fourth-order valence-electron chi connectivity index (χ4n) is 2.87. The maximum absolute atomic E-state index is 13.3. The first-order valence-electron chi connectivity index (χ1n) is 7.09. The predicted octanol–water partition coefficient (Wildman–Crippen LogP) is 3.52. The molecule has 2 heterocycles. The quantitative estimate of drug-likeness (QED) is 0.896. The molecule has 1 aromatic carbocycles. The summed E-state index contributed by atoms with van der Waals surface area (Å²) in [5, 5.41) is 3.76. The Labute approximate surface area is 118 Å². The van der Waals surface area contributed by atoms with E-state index in [1.165, 1.54) is 30.4 Å². The summed E-state index contributed by atoms with van der Waals surface area (Å²) in [4.78, 5) is 0. The molecular formula is C15H20FNOS. The lowest BCUT2D eigenvalue weighted by Gasteiger charge is -2.28. The molecule has 1 fully saturated rings. The van der Waals surface area contributed by atoms with Gasteiger partial charge in [-0.3, -0.25) is 0 Å². The van der Waals surface area contributed by atoms with Crippen molar-refractivity contribution in [2.45, 2.75) is 37.8 Å². The first-order valence-corrected chi connectivity index (χ1v) is 8.24. The maximum atomic E-state index is 13.3. The van der Waals surface area contributed by atoms with Gasteiger partial charge in [-0.25, -0.2) is 4.39 Å². The molecule has 1 N–H and O–H groups in total. The van der Waals surface area contributed by atoms with Gasteiger partial charge in [0.15, 0.2) is 0 Å². The van der Waals surface area contributed by atoms with Crippen molar-refractivity contribution in [3.8, 4) is 5.75 Å². The highest BCUT2D eigenvalue weighted by Crippen LogP contribution is 2.33. The molecule has 0 aliphatic carbocycles. The Kier molecular flexibility index (Phi) is 4.28. The second-order valence-electron chi connectivity index (χ2n) is 5.28. The van der Waals surface area contributed by atoms with Crippen LogP contribution in [0.3, 0.4) is 0 Å². The van der Waals surface area contributed by atoms with E-state index in [4.69, 9.17) is 4.74 Å². The van der Waals surface area contributed by atoms with Crippen LogP contribution in [0.25, 0.3) is 0 Å². The van der Waals surface area contributed by atoms with Gasteiger partial charge in [0, 0.05) is 23.7 Å². The van der Waals surface area contributed by atoms with E-state index in [-0.39, 0.29) is 5.82 Å². The number of nitrogens with one attached hydrogen (secondary N) is 1. The van der Waals surface area contributed by atoms with Crippen LogP contribution in [0.5, 0.6) is 5.75 Å². The zero-order chi connectivity index (χ0) is 13.1. The molecule has 19 heavy (non-hydrogen) atoms. The fraction of sp³-hybridized carbons (Fsp3) is 0.600. The lowest BCUT2D eigenvalue weighted by Crippen LogP contribution is -2.35. The van der Waals surface area contributed by atoms with E-state index in [9.17, 15) is 4.39 Å². The van der Waals surface area contributed by atoms with Crippen molar-refractivity contribution < 1.29 is 9.13 Å². The van der Waals surface area contributed by atoms with Crippen LogP contribution >= 0.6 is 11.8 Å². The van der Waals surface area contributed by atoms with Gasteiger partial charge in [0.05, 0.1) is 6.61 Å². The summed E-state index contributed by atoms with van der Waals surface area (Å²) in [6.07, 6.45) is 4.56. The minimum Gasteiger partial charge on any atom is -0.493 e. The van der Waals surface area contributed by atoms with Crippen molar-refractivity contribution in [2.24, 2.45) is 0 Å². The van der Waals surface area contributed by atoms with Gasteiger partial charge >= 0.3 is 0 Å². The monoisotopic (exact) mass is 281 g/mol. The molecule has 3 rings (SSSR count). The second kappa shape index (κ2) is 6.14. The van der Waals surface area contributed by atoms with E-state index >= 15 is 0 Å². The molecule has 2 aliphatic rings. The van der Waals surface area contributed by atoms with Gasteiger partial charge in [-0.05, 0) is 43.3 Å². The molecule has 2 aliphatic heterocycles. The molecule has 0 aromatic heterocycles. The predicted molar refractivity (Wildman–Crippen MR) is 77.4 cm³/mol. The molecule has 1 atom stereocenters. The third-order valence-corrected chi connectivity index (χ3v) is 4.95. The summed E-state index contributed by atoms with van der Waals surface area (Å²) in [5.41, 5.74) is 1.12. The van der Waals surface area contributed by atoms with Crippen molar-refractivity contribution in [3.05, 3.63) is 29.6 Å². The largest absolute Gasteiger partial charge is 0.493 e. The first kappa shape index (κ1) is 13.3. The Morgan fingerprint density at radius 2 is 2.05 bits per heavy atom. The highest BCUT2D eigenvalue weighted by molar-refractivity contribution is 7.99. The zero-order valence-electron chi connectivity index (χ0n) is 11.0. The molecule has 1 aromatic rings. The van der Waals surface area contributed by atoms with Crippen LogP contribution in [0.4, 0.5) is 4.39 Å². The van der Waals surface area contributed by atoms with E-state index in [2.05, 4.69) is 5.32 Å². The van der Waals surface area contributed by atoms with E-state index in [0.717, 1.165) is 24.2 Å². The van der Waals surface area contributed by atoms with Gasteiger partial charge in [0.1, 0.15) is 11.6 Å². The normalized spacial score (nSPS) is 24.4. The summed E-state index contributed by atoms with van der Waals surface area (Å²) < 4.78 is 19.0. The lowest BCUT2D eigenvalue weighted by molar-refractivity contribution is 0.312. The number of rotatable bonds is 2. The van der Waals surface area contributed by atoms with Crippen LogP contribution in [-0.4, -0.2) is 24.2 Å². The van der Waals surface area contributed by atoms with Crippen molar-refractivity contribution in [1.29, 1.82) is 0 Å². The van der Waals surface area contributed by atoms with E-state index in [1.807, 2.05) is 17.8 Å². The van der Waals surface area contributed by atoms with Gasteiger partial charge in [-0.15, -0.1) is 0 Å². The summed E-state index contributed by atoms with van der Waals surface area (Å²) in [6, 6.07) is 5.85. The van der Waals surface area contributed by atoms with Crippen molar-refractivity contribution >= 4 is 11.8 Å². The topological polar surface area (TPSA) is 21.3 Å². The van der Waals surface area contributed by atoms with Crippen molar-refractivity contribution in [1.82, 2.24) is 5.32 Å². The molecule has 0 saturated carbocycles. The van der Waals surface area contributed by atoms with Crippen LogP contribution in [0.2, 0.25) is 0 Å². The number of benzene rings is 1. The Balaban J connectivity index is 1.77. The smallest absolute Gasteiger partial charge is 0.126 e. The molecule has 1 saturated heterocycles. The third-order valence-electron chi connectivity index (χ3n) is 3.90. The van der Waals surface area contributed by atoms with Crippen LogP contribution in [0, 0.1) is 5.82 Å². The fourth-order valence-corrected chi connectivity index (χ4v) is 3.97. The maximum Gasteiger partial charge on any atom is 0.126 e. The lowest BCUT2D eigenvalue weighted by atomic mass is 9.99. The number of thioether (sulfide) groups is 1. The molecule has 0 radical (unpaired) electrons. The molecule has 104 valence electrons. The Hall–Kier alpha value is -0.740. The summed E-state index contributed by atoms with van der Waals surface area (Å²) in [7, 11) is 0. The third kappa shape index (κ3) is 3.23. The average Bonchev–Trinajstić information content (AvgIpc) is 2.62. The van der Waals surface area contributed by atoms with Crippen molar-refractivity contribution in [3.63, 3.8) is 0 Å². The molecular weight excluding hydrogens is 261 g/mol. The minimum atomic E-state index is -0.214. The van der Waals surface area contributed by atoms with E-state index in [0.29, 0.717) is 18.7 Å². The van der Waals surface area contributed by atoms with Gasteiger partial charge in [-0.2, -0.15) is 11.8 Å². The molecule has 0 bridgehead atoms. The summed E-state index contributed by atoms with van der Waals surface area (Å²) in [5.74, 6) is 3.00. The first-order chi connectivity index (χ1) is 9.33. The molecule has 4 heteroatoms. The van der Waals surface area contributed by atoms with Crippen LogP contribution in [0.1, 0.15) is 37.3 Å². The highest BCUT2D eigenvalue weighted by Gasteiger charge is 2.23. The Bertz CT molecular complexity index is 434. The number of hydrogen-bond acceptors (Lipinski definition) is 3. The highest BCUT2D eigenvalue weighted by atomic mass is 32.2. The molecule has 0 unspecified atom stereocenters. The van der Waals surface area contributed by atoms with Crippen LogP contribution < -0.4 is 10.1 Å². The van der Waals surface area contributed by atoms with E-state index in [1.54, 1.807) is 6.07 Å². The average molecular weight is 281 g/mol. The molecule has 0 amide bonds. The van der Waals surface area contributed by atoms with Gasteiger partial charge in [0.25, 0.3) is 0 Å². The SMILES string of the molecule is Fc1ccc2c(c1)OCCC[C@H]2NC1CCSCC1. The second-order valence-corrected chi connectivity index (χ2v) is 6.50. The van der Waals surface area contributed by atoms with Crippen LogP contribution in [-0.2, 0) is 0 Å².